The first-order valence-corrected chi connectivity index (χ1v) is 12.9. The molecule has 1 N–H and O–H groups in total. The monoisotopic (exact) mass is 516 g/mol. The standard InChI is InChI=1S/C25H30BrClN4O/c26-20-14-19-2-1-18-15-21(27)3-4-22(18)25(24(19)29-16-20)31-11-9-30(10-12-31)23(32)13-17-5-7-28-8-6-17/h3-4,14-17,25,28H,1-2,5-13H2/t25-/m1/s1. The van der Waals surface area contributed by atoms with E-state index in [2.05, 4.69) is 49.2 Å². The smallest absolute Gasteiger partial charge is 0.222 e. The van der Waals surface area contributed by atoms with Gasteiger partial charge in [0.05, 0.1) is 11.7 Å². The van der Waals surface area contributed by atoms with Crippen molar-refractivity contribution in [3.63, 3.8) is 0 Å². The van der Waals surface area contributed by atoms with Gasteiger partial charge in [-0.05, 0) is 95.5 Å². The fraction of sp³-hybridized carbons (Fsp3) is 0.520. The first-order chi connectivity index (χ1) is 15.6. The molecule has 3 heterocycles. The Balaban J connectivity index is 1.35. The van der Waals surface area contributed by atoms with Crippen molar-refractivity contribution in [2.45, 2.75) is 38.1 Å². The van der Waals surface area contributed by atoms with Crippen molar-refractivity contribution in [2.75, 3.05) is 39.3 Å². The topological polar surface area (TPSA) is 48.5 Å². The maximum Gasteiger partial charge on any atom is 0.222 e. The summed E-state index contributed by atoms with van der Waals surface area (Å²) in [5, 5.41) is 4.18. The molecule has 5 nitrogen and oxygen atoms in total. The van der Waals surface area contributed by atoms with Crippen LogP contribution in [-0.4, -0.2) is 60.0 Å². The summed E-state index contributed by atoms with van der Waals surface area (Å²) in [6, 6.07) is 8.60. The van der Waals surface area contributed by atoms with Gasteiger partial charge in [-0.1, -0.05) is 17.7 Å². The van der Waals surface area contributed by atoms with E-state index in [1.165, 1.54) is 16.7 Å². The van der Waals surface area contributed by atoms with Gasteiger partial charge in [-0.2, -0.15) is 0 Å². The average molecular weight is 518 g/mol. The molecule has 2 aromatic rings. The lowest BCUT2D eigenvalue weighted by Gasteiger charge is -2.40. The lowest BCUT2D eigenvalue weighted by atomic mass is 9.93. The van der Waals surface area contributed by atoms with E-state index < -0.39 is 0 Å². The van der Waals surface area contributed by atoms with E-state index in [9.17, 15) is 4.79 Å². The summed E-state index contributed by atoms with van der Waals surface area (Å²) in [6.07, 6.45) is 6.76. The van der Waals surface area contributed by atoms with Crippen LogP contribution in [0.4, 0.5) is 0 Å². The Labute approximate surface area is 203 Å². The van der Waals surface area contributed by atoms with Crippen LogP contribution >= 0.6 is 27.5 Å². The SMILES string of the molecule is O=C(CC1CCNCC1)N1CCN([C@@H]2c3ccc(Cl)cc3CCc3cc(Br)cnc32)CC1. The van der Waals surface area contributed by atoms with Crippen LogP contribution in [0.25, 0.3) is 0 Å². The van der Waals surface area contributed by atoms with Crippen molar-refractivity contribution in [1.29, 1.82) is 0 Å². The number of aromatic nitrogens is 1. The van der Waals surface area contributed by atoms with E-state index in [-0.39, 0.29) is 6.04 Å². The number of fused-ring (bicyclic) bond motifs is 2. The number of halogens is 2. The van der Waals surface area contributed by atoms with Crippen molar-refractivity contribution in [2.24, 2.45) is 5.92 Å². The van der Waals surface area contributed by atoms with Gasteiger partial charge in [-0.15, -0.1) is 0 Å². The molecule has 1 aliphatic carbocycles. The number of hydrogen-bond donors (Lipinski definition) is 1. The Morgan fingerprint density at radius 3 is 2.62 bits per heavy atom. The third kappa shape index (κ3) is 4.74. The number of benzene rings is 1. The molecule has 1 amide bonds. The Kier molecular flexibility index (Phi) is 6.84. The molecule has 0 spiro atoms. The maximum absolute atomic E-state index is 12.9. The minimum Gasteiger partial charge on any atom is -0.340 e. The summed E-state index contributed by atoms with van der Waals surface area (Å²) in [7, 11) is 0. The predicted molar refractivity (Wildman–Crippen MR) is 131 cm³/mol. The number of carbonyl (C=O) groups excluding carboxylic acids is 1. The molecule has 0 saturated carbocycles. The fourth-order valence-electron chi connectivity index (χ4n) is 5.47. The summed E-state index contributed by atoms with van der Waals surface area (Å²) >= 11 is 9.95. The first-order valence-electron chi connectivity index (χ1n) is 11.7. The number of hydrogen-bond acceptors (Lipinski definition) is 4. The molecule has 0 bridgehead atoms. The second-order valence-electron chi connectivity index (χ2n) is 9.26. The zero-order valence-corrected chi connectivity index (χ0v) is 20.7. The van der Waals surface area contributed by atoms with Gasteiger partial charge in [-0.3, -0.25) is 14.7 Å². The van der Waals surface area contributed by atoms with Crippen LogP contribution in [0.1, 0.15) is 47.7 Å². The van der Waals surface area contributed by atoms with E-state index >= 15 is 0 Å². The Morgan fingerprint density at radius 1 is 1.09 bits per heavy atom. The zero-order chi connectivity index (χ0) is 22.1. The summed E-state index contributed by atoms with van der Waals surface area (Å²) in [5.74, 6) is 0.863. The van der Waals surface area contributed by atoms with Gasteiger partial charge in [-0.25, -0.2) is 0 Å². The molecule has 2 saturated heterocycles. The molecule has 3 aliphatic rings. The molecule has 7 heteroatoms. The molecule has 1 aromatic carbocycles. The van der Waals surface area contributed by atoms with E-state index in [0.29, 0.717) is 18.2 Å². The van der Waals surface area contributed by atoms with Crippen molar-refractivity contribution >= 4 is 33.4 Å². The summed E-state index contributed by atoms with van der Waals surface area (Å²) in [4.78, 5) is 22.4. The number of amides is 1. The van der Waals surface area contributed by atoms with E-state index in [1.54, 1.807) is 0 Å². The van der Waals surface area contributed by atoms with Gasteiger partial charge >= 0.3 is 0 Å². The number of pyridine rings is 1. The van der Waals surface area contributed by atoms with E-state index in [0.717, 1.165) is 80.1 Å². The molecule has 1 atom stereocenters. The van der Waals surface area contributed by atoms with Gasteiger partial charge in [0.1, 0.15) is 0 Å². The van der Waals surface area contributed by atoms with Gasteiger partial charge in [0, 0.05) is 48.3 Å². The Morgan fingerprint density at radius 2 is 1.84 bits per heavy atom. The van der Waals surface area contributed by atoms with Crippen LogP contribution in [0.2, 0.25) is 5.02 Å². The average Bonchev–Trinajstić information content (AvgIpc) is 2.96. The van der Waals surface area contributed by atoms with Crippen LogP contribution in [0.5, 0.6) is 0 Å². The summed E-state index contributed by atoms with van der Waals surface area (Å²) in [6.45, 7) is 5.38. The van der Waals surface area contributed by atoms with Crippen LogP contribution < -0.4 is 5.32 Å². The molecule has 2 fully saturated rings. The van der Waals surface area contributed by atoms with Crippen LogP contribution in [0.3, 0.4) is 0 Å². The third-order valence-electron chi connectivity index (χ3n) is 7.24. The van der Waals surface area contributed by atoms with Crippen LogP contribution in [-0.2, 0) is 17.6 Å². The van der Waals surface area contributed by atoms with Gasteiger partial charge < -0.3 is 10.2 Å². The number of rotatable bonds is 3. The highest BCUT2D eigenvalue weighted by Gasteiger charge is 2.33. The summed E-state index contributed by atoms with van der Waals surface area (Å²) < 4.78 is 1.02. The molecule has 170 valence electrons. The molecule has 5 rings (SSSR count). The van der Waals surface area contributed by atoms with Gasteiger partial charge in [0.2, 0.25) is 5.91 Å². The lowest BCUT2D eigenvalue weighted by molar-refractivity contribution is -0.134. The van der Waals surface area contributed by atoms with E-state index in [1.807, 2.05) is 12.3 Å². The fourth-order valence-corrected chi connectivity index (χ4v) is 6.05. The molecule has 32 heavy (non-hydrogen) atoms. The van der Waals surface area contributed by atoms with Gasteiger partial charge in [0.25, 0.3) is 0 Å². The highest BCUT2D eigenvalue weighted by molar-refractivity contribution is 9.10. The molecule has 0 unspecified atom stereocenters. The molecule has 0 radical (unpaired) electrons. The predicted octanol–water partition coefficient (Wildman–Crippen LogP) is 4.22. The summed E-state index contributed by atoms with van der Waals surface area (Å²) in [5.41, 5.74) is 5.04. The second kappa shape index (κ2) is 9.80. The van der Waals surface area contributed by atoms with Crippen LogP contribution in [0.15, 0.2) is 34.9 Å². The number of carbonyl (C=O) groups is 1. The minimum absolute atomic E-state index is 0.106. The van der Waals surface area contributed by atoms with Crippen molar-refractivity contribution in [1.82, 2.24) is 20.1 Å². The second-order valence-corrected chi connectivity index (χ2v) is 10.6. The molecular formula is C25H30BrClN4O. The first kappa shape index (κ1) is 22.3. The van der Waals surface area contributed by atoms with Crippen molar-refractivity contribution in [3.8, 4) is 0 Å². The molecule has 1 aromatic heterocycles. The normalized spacial score (nSPS) is 22.2. The number of piperidine rings is 1. The zero-order valence-electron chi connectivity index (χ0n) is 18.3. The number of piperazine rings is 1. The largest absolute Gasteiger partial charge is 0.340 e. The van der Waals surface area contributed by atoms with Crippen molar-refractivity contribution < 1.29 is 4.79 Å². The highest BCUT2D eigenvalue weighted by Crippen LogP contribution is 2.38. The maximum atomic E-state index is 12.9. The Hall–Kier alpha value is -1.47. The third-order valence-corrected chi connectivity index (χ3v) is 7.91. The molecular weight excluding hydrogens is 488 g/mol. The lowest BCUT2D eigenvalue weighted by Crippen LogP contribution is -2.50. The minimum atomic E-state index is 0.106. The van der Waals surface area contributed by atoms with Crippen LogP contribution in [0, 0.1) is 5.92 Å². The number of nitrogens with one attached hydrogen (secondary N) is 1. The number of nitrogens with zero attached hydrogens (tertiary/aromatic N) is 3. The number of aryl methyl sites for hydroxylation is 2. The quantitative estimate of drug-likeness (QED) is 0.662. The van der Waals surface area contributed by atoms with Gasteiger partial charge in [0.15, 0.2) is 0 Å². The highest BCUT2D eigenvalue weighted by atomic mass is 79.9. The molecule has 2 aliphatic heterocycles. The van der Waals surface area contributed by atoms with E-state index in [4.69, 9.17) is 16.6 Å². The van der Waals surface area contributed by atoms with Crippen molar-refractivity contribution in [3.05, 3.63) is 62.3 Å². The Bertz CT molecular complexity index is 932.